The van der Waals surface area contributed by atoms with Crippen LogP contribution < -0.4 is 0 Å². The van der Waals surface area contributed by atoms with Crippen molar-refractivity contribution in [1.29, 1.82) is 0 Å². The Kier molecular flexibility index (Phi) is 3.36. The maximum Gasteiger partial charge on any atom is 0.148 e. The van der Waals surface area contributed by atoms with Crippen molar-refractivity contribution in [3.63, 3.8) is 0 Å². The zero-order valence-corrected chi connectivity index (χ0v) is 11.5. The van der Waals surface area contributed by atoms with Gasteiger partial charge in [0.1, 0.15) is 11.9 Å². The van der Waals surface area contributed by atoms with Gasteiger partial charge in [-0.05, 0) is 25.3 Å². The molecule has 2 nitrogen and oxygen atoms in total. The Labute approximate surface area is 109 Å². The van der Waals surface area contributed by atoms with E-state index in [2.05, 4.69) is 32.8 Å². The lowest BCUT2D eigenvalue weighted by Gasteiger charge is -2.38. The van der Waals surface area contributed by atoms with Crippen molar-refractivity contribution in [1.82, 2.24) is 0 Å². The van der Waals surface area contributed by atoms with Crippen LogP contribution in [0.3, 0.4) is 0 Å². The maximum absolute atomic E-state index is 5.73. The normalized spacial score (nSPS) is 28.8. The highest BCUT2D eigenvalue weighted by atomic mass is 16.5. The standard InChI is InChI=1S/C16H20O2/c1-6-13-9-10-18-14(13)15(17-5)16(4)11(2)7-8-12(16)3/h1,7,9-10,12,15H,8H2,2-5H3/t12-,15-,16-/m1/s1. The topological polar surface area (TPSA) is 22.4 Å². The summed E-state index contributed by atoms with van der Waals surface area (Å²) in [6.45, 7) is 6.64. The van der Waals surface area contributed by atoms with Crippen molar-refractivity contribution >= 4 is 0 Å². The van der Waals surface area contributed by atoms with Gasteiger partial charge >= 0.3 is 0 Å². The van der Waals surface area contributed by atoms with Crippen molar-refractivity contribution in [2.75, 3.05) is 7.11 Å². The molecule has 1 heterocycles. The summed E-state index contributed by atoms with van der Waals surface area (Å²) in [5, 5.41) is 0. The SMILES string of the molecule is C#Cc1ccoc1[C@@H](OC)[C@]1(C)C(C)=CC[C@H]1C. The Balaban J connectivity index is 2.47. The average molecular weight is 244 g/mol. The summed E-state index contributed by atoms with van der Waals surface area (Å²) in [7, 11) is 1.72. The van der Waals surface area contributed by atoms with Gasteiger partial charge in [-0.15, -0.1) is 6.42 Å². The molecule has 0 aromatic carbocycles. The molecule has 0 aliphatic heterocycles. The van der Waals surface area contributed by atoms with Gasteiger partial charge in [-0.3, -0.25) is 0 Å². The van der Waals surface area contributed by atoms with Crippen LogP contribution in [0.4, 0.5) is 0 Å². The molecular formula is C16H20O2. The van der Waals surface area contributed by atoms with E-state index < -0.39 is 0 Å². The summed E-state index contributed by atoms with van der Waals surface area (Å²) in [5.74, 6) is 3.95. The van der Waals surface area contributed by atoms with Crippen molar-refractivity contribution in [2.45, 2.75) is 33.3 Å². The first-order valence-corrected chi connectivity index (χ1v) is 6.29. The van der Waals surface area contributed by atoms with Crippen molar-refractivity contribution in [2.24, 2.45) is 11.3 Å². The summed E-state index contributed by atoms with van der Waals surface area (Å²) in [6, 6.07) is 1.82. The highest BCUT2D eigenvalue weighted by molar-refractivity contribution is 5.38. The second-order valence-electron chi connectivity index (χ2n) is 5.27. The van der Waals surface area contributed by atoms with E-state index in [0.29, 0.717) is 5.92 Å². The number of terminal acetylenes is 1. The Morgan fingerprint density at radius 2 is 2.33 bits per heavy atom. The molecule has 2 heteroatoms. The largest absolute Gasteiger partial charge is 0.465 e. The summed E-state index contributed by atoms with van der Waals surface area (Å²) < 4.78 is 11.3. The molecule has 3 atom stereocenters. The van der Waals surface area contributed by atoms with E-state index in [1.165, 1.54) is 5.57 Å². The quantitative estimate of drug-likeness (QED) is 0.593. The van der Waals surface area contributed by atoms with E-state index in [-0.39, 0.29) is 11.5 Å². The number of hydrogen-bond donors (Lipinski definition) is 0. The van der Waals surface area contributed by atoms with Gasteiger partial charge in [0.25, 0.3) is 0 Å². The fourth-order valence-corrected chi connectivity index (χ4v) is 2.94. The summed E-state index contributed by atoms with van der Waals surface area (Å²) in [5.41, 5.74) is 2.08. The number of hydrogen-bond acceptors (Lipinski definition) is 2. The molecule has 0 saturated carbocycles. The van der Waals surface area contributed by atoms with E-state index in [1.54, 1.807) is 13.4 Å². The maximum atomic E-state index is 5.73. The minimum Gasteiger partial charge on any atom is -0.465 e. The Morgan fingerprint density at radius 3 is 2.83 bits per heavy atom. The molecule has 18 heavy (non-hydrogen) atoms. The summed E-state index contributed by atoms with van der Waals surface area (Å²) in [4.78, 5) is 0. The minimum absolute atomic E-state index is 0.0573. The lowest BCUT2D eigenvalue weighted by atomic mass is 9.71. The van der Waals surface area contributed by atoms with Crippen LogP contribution in [0.1, 0.15) is 44.6 Å². The lowest BCUT2D eigenvalue weighted by Crippen LogP contribution is -2.32. The molecule has 0 N–H and O–H groups in total. The Hall–Kier alpha value is -1.46. The molecule has 1 aromatic rings. The van der Waals surface area contributed by atoms with Gasteiger partial charge in [-0.25, -0.2) is 0 Å². The van der Waals surface area contributed by atoms with Crippen molar-refractivity contribution in [3.8, 4) is 12.3 Å². The first-order chi connectivity index (χ1) is 8.55. The van der Waals surface area contributed by atoms with E-state index in [1.807, 2.05) is 6.07 Å². The summed E-state index contributed by atoms with van der Waals surface area (Å²) in [6.07, 6.45) is 10.4. The molecule has 96 valence electrons. The third-order valence-electron chi connectivity index (χ3n) is 4.52. The van der Waals surface area contributed by atoms with E-state index in [9.17, 15) is 0 Å². The third-order valence-corrected chi connectivity index (χ3v) is 4.52. The molecule has 2 rings (SSSR count). The third kappa shape index (κ3) is 1.71. The van der Waals surface area contributed by atoms with Crippen molar-refractivity contribution < 1.29 is 9.15 Å². The number of furan rings is 1. The van der Waals surface area contributed by atoms with Crippen LogP contribution >= 0.6 is 0 Å². The molecule has 0 amide bonds. The van der Waals surface area contributed by atoms with Crippen LogP contribution in [0.2, 0.25) is 0 Å². The number of ether oxygens (including phenoxy) is 1. The zero-order valence-electron chi connectivity index (χ0n) is 11.5. The zero-order chi connectivity index (χ0) is 13.3. The lowest BCUT2D eigenvalue weighted by molar-refractivity contribution is -0.0209. The molecular weight excluding hydrogens is 224 g/mol. The first-order valence-electron chi connectivity index (χ1n) is 6.29. The minimum atomic E-state index is -0.132. The van der Waals surface area contributed by atoms with E-state index >= 15 is 0 Å². The molecule has 0 radical (unpaired) electrons. The molecule has 1 aliphatic rings. The average Bonchev–Trinajstić information content (AvgIpc) is 2.92. The smallest absolute Gasteiger partial charge is 0.148 e. The van der Waals surface area contributed by atoms with E-state index in [4.69, 9.17) is 15.6 Å². The Bertz CT molecular complexity index is 503. The molecule has 0 fully saturated rings. The molecule has 0 saturated heterocycles. The number of allylic oxidation sites excluding steroid dienone is 1. The number of methoxy groups -OCH3 is 1. The first kappa shape index (κ1) is 13.0. The van der Waals surface area contributed by atoms with Gasteiger partial charge in [-0.2, -0.15) is 0 Å². The predicted octanol–water partition coefficient (Wildman–Crippen LogP) is 3.94. The fraction of sp³-hybridized carbons (Fsp3) is 0.500. The highest BCUT2D eigenvalue weighted by Gasteiger charge is 2.46. The van der Waals surface area contributed by atoms with Crippen LogP contribution in [0.25, 0.3) is 0 Å². The predicted molar refractivity (Wildman–Crippen MR) is 72.0 cm³/mol. The monoisotopic (exact) mass is 244 g/mol. The van der Waals surface area contributed by atoms with Gasteiger partial charge in [-0.1, -0.05) is 31.4 Å². The number of rotatable bonds is 3. The van der Waals surface area contributed by atoms with Crippen LogP contribution in [0, 0.1) is 23.7 Å². The molecule has 0 unspecified atom stereocenters. The summed E-state index contributed by atoms with van der Waals surface area (Å²) >= 11 is 0. The second kappa shape index (κ2) is 4.66. The Morgan fingerprint density at radius 1 is 1.61 bits per heavy atom. The van der Waals surface area contributed by atoms with Gasteiger partial charge in [0.15, 0.2) is 0 Å². The molecule has 0 bridgehead atoms. The van der Waals surface area contributed by atoms with Gasteiger partial charge < -0.3 is 9.15 Å². The van der Waals surface area contributed by atoms with Crippen LogP contribution in [-0.4, -0.2) is 7.11 Å². The fourth-order valence-electron chi connectivity index (χ4n) is 2.94. The van der Waals surface area contributed by atoms with Gasteiger partial charge in [0.05, 0.1) is 11.8 Å². The van der Waals surface area contributed by atoms with Crippen LogP contribution in [0.5, 0.6) is 0 Å². The molecule has 1 aliphatic carbocycles. The highest BCUT2D eigenvalue weighted by Crippen LogP contribution is 2.53. The second-order valence-corrected chi connectivity index (χ2v) is 5.27. The molecule has 1 aromatic heterocycles. The van der Waals surface area contributed by atoms with Gasteiger partial charge in [0, 0.05) is 12.5 Å². The van der Waals surface area contributed by atoms with Crippen LogP contribution in [0.15, 0.2) is 28.4 Å². The van der Waals surface area contributed by atoms with Crippen molar-refractivity contribution in [3.05, 3.63) is 35.3 Å². The van der Waals surface area contributed by atoms with Crippen LogP contribution in [-0.2, 0) is 4.74 Å². The van der Waals surface area contributed by atoms with Gasteiger partial charge in [0.2, 0.25) is 0 Å². The van der Waals surface area contributed by atoms with E-state index in [0.717, 1.165) is 17.7 Å². The molecule has 0 spiro atoms.